The molecule has 8 bridgehead atoms. The number of carboxylic acids is 4. The van der Waals surface area contributed by atoms with Crippen molar-refractivity contribution in [1.82, 2.24) is 34.9 Å². The Bertz CT molecular complexity index is 4190. The van der Waals surface area contributed by atoms with Crippen molar-refractivity contribution in [3.63, 3.8) is 0 Å². The summed E-state index contributed by atoms with van der Waals surface area (Å²) < 4.78 is 20.4. The predicted octanol–water partition coefficient (Wildman–Crippen LogP) is 9.30. The SMILES string of the molecule is C[n+]1c2nc3[n-]c(nc4nc(nc5[n-]c(nc1-c1ccccc1-2)c1cc(Oc2cc(COc6cc(C(=O)O)cc(C(=O)O)c6)cc(COc6cc(C(=O)O)cc(C(=O)O)c6)c2)ccc51)-c1ccccc1-4)c1ccccc31.[Zn+2]. The fourth-order valence-electron chi connectivity index (χ4n) is 9.18. The zero-order chi connectivity index (χ0) is 52.4. The van der Waals surface area contributed by atoms with Crippen molar-refractivity contribution in [1.29, 1.82) is 0 Å². The van der Waals surface area contributed by atoms with Crippen LogP contribution in [0.2, 0.25) is 0 Å². The molecule has 2 aliphatic rings. The zero-order valence-corrected chi connectivity index (χ0v) is 43.2. The van der Waals surface area contributed by atoms with Gasteiger partial charge in [0.15, 0.2) is 0 Å². The molecule has 2 aliphatic heterocycles. The first-order valence-electron chi connectivity index (χ1n) is 23.3. The van der Waals surface area contributed by atoms with E-state index in [4.69, 9.17) is 49.1 Å². The number of ether oxygens (including phenoxy) is 3. The van der Waals surface area contributed by atoms with Crippen LogP contribution in [0.5, 0.6) is 23.0 Å². The molecule has 0 saturated heterocycles. The number of nitrogens with zero attached hydrogens (tertiary/aromatic N) is 8. The molecule has 0 spiro atoms. The maximum absolute atomic E-state index is 11.9. The summed E-state index contributed by atoms with van der Waals surface area (Å²) in [5, 5.41) is 41.6. The predicted molar refractivity (Wildman–Crippen MR) is 273 cm³/mol. The van der Waals surface area contributed by atoms with Crippen LogP contribution in [0.1, 0.15) is 52.6 Å². The Balaban J connectivity index is 0.00000631. The first-order chi connectivity index (χ1) is 36.8. The molecule has 12 rings (SSSR count). The van der Waals surface area contributed by atoms with Crippen molar-refractivity contribution in [2.24, 2.45) is 7.05 Å². The fourth-order valence-corrected chi connectivity index (χ4v) is 9.18. The third-order valence-corrected chi connectivity index (χ3v) is 12.7. The number of hydrogen-bond acceptors (Lipinski definition) is 12. The van der Waals surface area contributed by atoms with E-state index in [2.05, 4.69) is 0 Å². The first kappa shape index (κ1) is 49.0. The van der Waals surface area contributed by atoms with Crippen LogP contribution in [0.15, 0.2) is 146 Å². The normalized spacial score (nSPS) is 11.3. The van der Waals surface area contributed by atoms with Crippen LogP contribution in [-0.2, 0) is 39.7 Å². The summed E-state index contributed by atoms with van der Waals surface area (Å²) in [4.78, 5) is 83.0. The van der Waals surface area contributed by atoms with E-state index in [0.717, 1.165) is 45.2 Å². The number of carbonyl (C=O) groups is 4. The van der Waals surface area contributed by atoms with Crippen molar-refractivity contribution >= 4 is 68.0 Å². The summed E-state index contributed by atoms with van der Waals surface area (Å²) in [5.41, 5.74) is 4.49. The Morgan fingerprint density at radius 1 is 0.429 bits per heavy atom. The van der Waals surface area contributed by atoms with Crippen LogP contribution in [0.3, 0.4) is 0 Å². The molecule has 0 unspecified atom stereocenters. The third kappa shape index (κ3) is 9.29. The van der Waals surface area contributed by atoms with E-state index in [1.807, 2.05) is 90.5 Å². The average molecular weight is 1070 g/mol. The van der Waals surface area contributed by atoms with E-state index in [1.165, 1.54) is 24.3 Å². The van der Waals surface area contributed by atoms with E-state index in [1.54, 1.807) is 30.3 Å². The van der Waals surface area contributed by atoms with Crippen LogP contribution in [-0.4, -0.2) is 69.2 Å². The van der Waals surface area contributed by atoms with Crippen molar-refractivity contribution in [3.05, 3.63) is 179 Å². The summed E-state index contributed by atoms with van der Waals surface area (Å²) in [6, 6.07) is 40.4. The number of aromatic nitrogens is 8. The van der Waals surface area contributed by atoms with Crippen LogP contribution >= 0.6 is 0 Å². The monoisotopic (exact) mass is 1070 g/mol. The second-order valence-electron chi connectivity index (χ2n) is 17.7. The van der Waals surface area contributed by atoms with Crippen molar-refractivity contribution in [3.8, 4) is 68.5 Å². The molecule has 0 aliphatic carbocycles. The molecule has 4 N–H and O–H groups in total. The molecule has 7 aromatic carbocycles. The quantitative estimate of drug-likeness (QED) is 0.0655. The molecule has 0 atom stereocenters. The zero-order valence-electron chi connectivity index (χ0n) is 40.2. The van der Waals surface area contributed by atoms with Gasteiger partial charge in [-0.2, -0.15) is 0 Å². The van der Waals surface area contributed by atoms with Crippen LogP contribution in [0.25, 0.3) is 89.7 Å². The van der Waals surface area contributed by atoms with Gasteiger partial charge in [0.25, 0.3) is 0 Å². The van der Waals surface area contributed by atoms with Gasteiger partial charge in [0, 0.05) is 44.8 Å². The molecule has 0 fully saturated rings. The van der Waals surface area contributed by atoms with Gasteiger partial charge in [-0.25, -0.2) is 24.2 Å². The molecule has 5 heterocycles. The van der Waals surface area contributed by atoms with Crippen molar-refractivity contribution < 1.29 is 77.9 Å². The molecular formula is C57H35N8O11Zn+. The number of fused-ring (bicyclic) bond motifs is 20. The largest absolute Gasteiger partial charge is 2.00 e. The smallest absolute Gasteiger partial charge is 0.489 e. The van der Waals surface area contributed by atoms with Crippen LogP contribution < -0.4 is 28.7 Å². The minimum absolute atomic E-state index is 0. The first-order valence-corrected chi connectivity index (χ1v) is 23.3. The third-order valence-electron chi connectivity index (χ3n) is 12.7. The van der Waals surface area contributed by atoms with E-state index >= 15 is 0 Å². The van der Waals surface area contributed by atoms with Gasteiger partial charge in [-0.3, -0.25) is 4.57 Å². The number of carboxylic acid groups (broad SMARTS) is 4. The molecule has 0 amide bonds. The van der Waals surface area contributed by atoms with Gasteiger partial charge in [0.1, 0.15) is 47.9 Å². The number of hydrogen-bond donors (Lipinski definition) is 4. The van der Waals surface area contributed by atoms with E-state index in [0.29, 0.717) is 73.5 Å². The Morgan fingerprint density at radius 2 is 0.831 bits per heavy atom. The van der Waals surface area contributed by atoms with E-state index in [-0.39, 0.29) is 72.2 Å². The van der Waals surface area contributed by atoms with Gasteiger partial charge in [-0.05, 0) is 105 Å². The summed E-state index contributed by atoms with van der Waals surface area (Å²) >= 11 is 0. The Hall–Kier alpha value is -10.2. The van der Waals surface area contributed by atoms with Gasteiger partial charge < -0.3 is 64.5 Å². The summed E-state index contributed by atoms with van der Waals surface area (Å²) in [5.74, 6) is -2.87. The molecule has 0 saturated carbocycles. The van der Waals surface area contributed by atoms with Gasteiger partial charge in [0.05, 0.1) is 41.0 Å². The van der Waals surface area contributed by atoms with Gasteiger partial charge in [0.2, 0.25) is 0 Å². The van der Waals surface area contributed by atoms with E-state index in [9.17, 15) is 39.6 Å². The molecule has 10 aromatic rings. The van der Waals surface area contributed by atoms with Crippen molar-refractivity contribution in [2.45, 2.75) is 13.2 Å². The Labute approximate surface area is 446 Å². The van der Waals surface area contributed by atoms with Gasteiger partial charge in [-0.1, -0.05) is 72.8 Å². The van der Waals surface area contributed by atoms with Crippen molar-refractivity contribution in [2.75, 3.05) is 0 Å². The van der Waals surface area contributed by atoms with Crippen LogP contribution in [0.4, 0.5) is 0 Å². The van der Waals surface area contributed by atoms with Gasteiger partial charge in [-0.15, -0.1) is 0 Å². The fraction of sp³-hybridized carbons (Fsp3) is 0.0526. The van der Waals surface area contributed by atoms with Gasteiger partial charge >= 0.3 is 43.4 Å². The molecule has 0 radical (unpaired) electrons. The molecule has 20 heteroatoms. The standard InChI is InChI=1S/C57H36N8O11.Zn/c1-65-52-43-12-6-7-13-44(43)53(65)64-51-45-25-34(14-15-42(45)49(62-51)60-47-39-9-3-2-8-38(39)46(58-47)59-48-40-10-4-5-11-41(40)50(61-48)63-52)76-37-17-28(26-74-35-21-30(54(66)67)19-31(22-35)55(68)69)16-29(18-37)27-75-36-23-32(56(70)71)20-33(24-36)57(72)73;/h2-25H,26-27H2,1H3,(H5,58,59,60,61,62,63,64,66,67,68,69,70,71,72,73);/q;+2/p-1. The minimum Gasteiger partial charge on any atom is -0.489 e. The maximum atomic E-state index is 11.9. The summed E-state index contributed by atoms with van der Waals surface area (Å²) in [6.07, 6.45) is 0. The molecule has 3 aromatic heterocycles. The average Bonchev–Trinajstić information content (AvgIpc) is 4.23. The Kier molecular flexibility index (Phi) is 12.5. The van der Waals surface area contributed by atoms with E-state index < -0.39 is 23.9 Å². The van der Waals surface area contributed by atoms with Crippen LogP contribution in [0, 0.1) is 0 Å². The molecule has 19 nitrogen and oxygen atoms in total. The summed E-state index contributed by atoms with van der Waals surface area (Å²) in [6.45, 7) is -0.414. The molecule has 370 valence electrons. The second kappa shape index (κ2) is 19.6. The minimum atomic E-state index is -1.35. The summed E-state index contributed by atoms with van der Waals surface area (Å²) in [7, 11) is 1.88. The molecule has 77 heavy (non-hydrogen) atoms. The number of aromatic carboxylic acids is 4. The topological polar surface area (TPSA) is 273 Å². The number of benzene rings is 7. The molecular weight excluding hydrogens is 1040 g/mol. The second-order valence-corrected chi connectivity index (χ2v) is 17.7. The Morgan fingerprint density at radius 3 is 1.29 bits per heavy atom. The number of rotatable bonds is 12. The maximum Gasteiger partial charge on any atom is 2.00 e.